The van der Waals surface area contributed by atoms with Crippen LogP contribution in [0.4, 0.5) is 0 Å². The molecule has 0 unspecified atom stereocenters. The molecule has 0 saturated carbocycles. The zero-order valence-corrected chi connectivity index (χ0v) is 7.93. The van der Waals surface area contributed by atoms with Crippen LogP contribution in [0.1, 0.15) is 33.6 Å². The summed E-state index contributed by atoms with van der Waals surface area (Å²) in [7, 11) is 0. The molecule has 0 spiro atoms. The van der Waals surface area contributed by atoms with Crippen LogP contribution in [-0.2, 0) is 0 Å². The van der Waals surface area contributed by atoms with Gasteiger partial charge in [0.1, 0.15) is 0 Å². The molecule has 0 amide bonds. The summed E-state index contributed by atoms with van der Waals surface area (Å²) in [5, 5.41) is 9.20. The molecule has 0 saturated heterocycles. The van der Waals surface area contributed by atoms with E-state index in [-0.39, 0.29) is 12.0 Å². The molecule has 0 aliphatic carbocycles. The third-order valence-corrected chi connectivity index (χ3v) is 2.69. The molecule has 0 aromatic rings. The Balaban J connectivity index is 4.20. The van der Waals surface area contributed by atoms with Crippen molar-refractivity contribution in [3.05, 3.63) is 0 Å². The standard InChI is InChI=1S/C9H21NO/c1-4-5-9(6-10,7-11)8(2)3/h8,11H,4-7,10H2,1-3H3/t9-/m0/s1. The lowest BCUT2D eigenvalue weighted by Gasteiger charge is -2.34. The fourth-order valence-corrected chi connectivity index (χ4v) is 1.45. The topological polar surface area (TPSA) is 46.2 Å². The van der Waals surface area contributed by atoms with Crippen LogP contribution in [0.3, 0.4) is 0 Å². The molecular formula is C9H21NO. The van der Waals surface area contributed by atoms with Crippen LogP contribution < -0.4 is 5.73 Å². The Bertz CT molecular complexity index is 97.7. The van der Waals surface area contributed by atoms with Gasteiger partial charge in [-0.25, -0.2) is 0 Å². The summed E-state index contributed by atoms with van der Waals surface area (Å²) in [6.07, 6.45) is 2.12. The molecule has 0 aromatic carbocycles. The first kappa shape index (κ1) is 10.9. The van der Waals surface area contributed by atoms with Crippen LogP contribution in [0.2, 0.25) is 0 Å². The maximum Gasteiger partial charge on any atom is 0.0501 e. The summed E-state index contributed by atoms with van der Waals surface area (Å²) in [5.41, 5.74) is 5.61. The van der Waals surface area contributed by atoms with Gasteiger partial charge in [-0.1, -0.05) is 27.2 Å². The zero-order chi connectivity index (χ0) is 8.91. The maximum atomic E-state index is 9.20. The van der Waals surface area contributed by atoms with Gasteiger partial charge < -0.3 is 10.8 Å². The highest BCUT2D eigenvalue weighted by Gasteiger charge is 2.30. The van der Waals surface area contributed by atoms with E-state index in [4.69, 9.17) is 5.73 Å². The van der Waals surface area contributed by atoms with Crippen LogP contribution in [0.15, 0.2) is 0 Å². The highest BCUT2D eigenvalue weighted by Crippen LogP contribution is 2.30. The Hall–Kier alpha value is -0.0800. The Morgan fingerprint density at radius 3 is 2.09 bits per heavy atom. The first-order valence-electron chi connectivity index (χ1n) is 4.44. The number of nitrogens with two attached hydrogens (primary N) is 1. The van der Waals surface area contributed by atoms with E-state index >= 15 is 0 Å². The molecule has 2 heteroatoms. The van der Waals surface area contributed by atoms with Crippen LogP contribution in [-0.4, -0.2) is 18.3 Å². The monoisotopic (exact) mass is 159 g/mol. The molecule has 0 bridgehead atoms. The summed E-state index contributed by atoms with van der Waals surface area (Å²) < 4.78 is 0. The molecule has 0 rings (SSSR count). The van der Waals surface area contributed by atoms with Crippen molar-refractivity contribution in [2.75, 3.05) is 13.2 Å². The number of rotatable bonds is 5. The second-order valence-electron chi connectivity index (χ2n) is 3.63. The van der Waals surface area contributed by atoms with Gasteiger partial charge in [0.05, 0.1) is 6.61 Å². The van der Waals surface area contributed by atoms with E-state index < -0.39 is 0 Å². The highest BCUT2D eigenvalue weighted by atomic mass is 16.3. The average molecular weight is 159 g/mol. The number of aliphatic hydroxyl groups excluding tert-OH is 1. The van der Waals surface area contributed by atoms with Gasteiger partial charge in [-0.2, -0.15) is 0 Å². The van der Waals surface area contributed by atoms with E-state index in [0.717, 1.165) is 12.8 Å². The molecular weight excluding hydrogens is 138 g/mol. The van der Waals surface area contributed by atoms with Crippen molar-refractivity contribution < 1.29 is 5.11 Å². The van der Waals surface area contributed by atoms with Crippen molar-refractivity contribution >= 4 is 0 Å². The summed E-state index contributed by atoms with van der Waals surface area (Å²) in [5.74, 6) is 0.470. The fourth-order valence-electron chi connectivity index (χ4n) is 1.45. The summed E-state index contributed by atoms with van der Waals surface area (Å²) >= 11 is 0. The van der Waals surface area contributed by atoms with Crippen LogP contribution >= 0.6 is 0 Å². The van der Waals surface area contributed by atoms with E-state index in [1.807, 2.05) is 0 Å². The quantitative estimate of drug-likeness (QED) is 0.636. The fraction of sp³-hybridized carbons (Fsp3) is 1.00. The van der Waals surface area contributed by atoms with Crippen LogP contribution in [0.5, 0.6) is 0 Å². The lowest BCUT2D eigenvalue weighted by atomic mass is 9.74. The van der Waals surface area contributed by atoms with E-state index in [9.17, 15) is 5.11 Å². The molecule has 0 aliphatic heterocycles. The van der Waals surface area contributed by atoms with Crippen molar-refractivity contribution in [1.29, 1.82) is 0 Å². The van der Waals surface area contributed by atoms with Gasteiger partial charge in [-0.3, -0.25) is 0 Å². The molecule has 0 aromatic heterocycles. The third-order valence-electron chi connectivity index (χ3n) is 2.69. The first-order chi connectivity index (χ1) is 5.13. The first-order valence-corrected chi connectivity index (χ1v) is 4.44. The van der Waals surface area contributed by atoms with Gasteiger partial charge in [0.25, 0.3) is 0 Å². The normalized spacial score (nSPS) is 16.9. The van der Waals surface area contributed by atoms with Crippen LogP contribution in [0.25, 0.3) is 0 Å². The Kier molecular flexibility index (Phi) is 4.69. The predicted molar refractivity (Wildman–Crippen MR) is 48.3 cm³/mol. The van der Waals surface area contributed by atoms with Gasteiger partial charge in [0.15, 0.2) is 0 Å². The highest BCUT2D eigenvalue weighted by molar-refractivity contribution is 4.82. The van der Waals surface area contributed by atoms with Crippen molar-refractivity contribution in [1.82, 2.24) is 0 Å². The van der Waals surface area contributed by atoms with Crippen molar-refractivity contribution in [2.24, 2.45) is 17.1 Å². The number of hydrogen-bond acceptors (Lipinski definition) is 2. The lowest BCUT2D eigenvalue weighted by Crippen LogP contribution is -2.39. The molecule has 2 nitrogen and oxygen atoms in total. The maximum absolute atomic E-state index is 9.20. The minimum absolute atomic E-state index is 0.0330. The smallest absolute Gasteiger partial charge is 0.0501 e. The van der Waals surface area contributed by atoms with E-state index in [2.05, 4.69) is 20.8 Å². The van der Waals surface area contributed by atoms with Gasteiger partial charge in [-0.05, 0) is 12.3 Å². The van der Waals surface area contributed by atoms with Gasteiger partial charge in [-0.15, -0.1) is 0 Å². The molecule has 3 N–H and O–H groups in total. The third kappa shape index (κ3) is 2.46. The predicted octanol–water partition coefficient (Wildman–Crippen LogP) is 1.38. The van der Waals surface area contributed by atoms with Gasteiger partial charge >= 0.3 is 0 Å². The molecule has 0 aliphatic rings. The van der Waals surface area contributed by atoms with E-state index in [0.29, 0.717) is 12.5 Å². The molecule has 0 heterocycles. The Morgan fingerprint density at radius 2 is 2.00 bits per heavy atom. The number of hydrogen-bond donors (Lipinski definition) is 2. The van der Waals surface area contributed by atoms with Crippen molar-refractivity contribution in [3.8, 4) is 0 Å². The largest absolute Gasteiger partial charge is 0.396 e. The molecule has 1 atom stereocenters. The summed E-state index contributed by atoms with van der Waals surface area (Å²) in [6, 6.07) is 0. The zero-order valence-electron chi connectivity index (χ0n) is 7.93. The average Bonchev–Trinajstić information content (AvgIpc) is 2.00. The Morgan fingerprint density at radius 1 is 1.45 bits per heavy atom. The Labute approximate surface area is 69.8 Å². The molecule has 68 valence electrons. The molecule has 0 radical (unpaired) electrons. The van der Waals surface area contributed by atoms with Crippen molar-refractivity contribution in [2.45, 2.75) is 33.6 Å². The molecule has 11 heavy (non-hydrogen) atoms. The minimum atomic E-state index is -0.0330. The molecule has 0 fully saturated rings. The van der Waals surface area contributed by atoms with Gasteiger partial charge in [0, 0.05) is 12.0 Å². The van der Waals surface area contributed by atoms with Crippen LogP contribution in [0, 0.1) is 11.3 Å². The summed E-state index contributed by atoms with van der Waals surface area (Å²) in [4.78, 5) is 0. The van der Waals surface area contributed by atoms with Gasteiger partial charge in [0.2, 0.25) is 0 Å². The number of aliphatic hydroxyl groups is 1. The SMILES string of the molecule is CCC[C@](CN)(CO)C(C)C. The second-order valence-corrected chi connectivity index (χ2v) is 3.63. The van der Waals surface area contributed by atoms with E-state index in [1.54, 1.807) is 0 Å². The van der Waals surface area contributed by atoms with Crippen molar-refractivity contribution in [3.63, 3.8) is 0 Å². The minimum Gasteiger partial charge on any atom is -0.396 e. The lowest BCUT2D eigenvalue weighted by molar-refractivity contribution is 0.0743. The second kappa shape index (κ2) is 4.73. The van der Waals surface area contributed by atoms with E-state index in [1.165, 1.54) is 0 Å². The summed E-state index contributed by atoms with van der Waals surface area (Å²) in [6.45, 7) is 7.18.